The first kappa shape index (κ1) is 8.97. The minimum Gasteiger partial charge on any atom is -0.368 e. The van der Waals surface area contributed by atoms with Crippen molar-refractivity contribution < 1.29 is 4.39 Å². The summed E-state index contributed by atoms with van der Waals surface area (Å²) in [7, 11) is 0. The average molecular weight is 168 g/mol. The van der Waals surface area contributed by atoms with Crippen molar-refractivity contribution in [3.63, 3.8) is 0 Å². The molecule has 0 saturated heterocycles. The third-order valence-electron chi connectivity index (χ3n) is 1.56. The van der Waals surface area contributed by atoms with Crippen LogP contribution >= 0.6 is 0 Å². The quantitative estimate of drug-likeness (QED) is 0.733. The van der Waals surface area contributed by atoms with E-state index in [1.165, 1.54) is 12.3 Å². The van der Waals surface area contributed by atoms with Gasteiger partial charge in [0.1, 0.15) is 11.6 Å². The van der Waals surface area contributed by atoms with Crippen LogP contribution in [0, 0.1) is 12.7 Å². The molecule has 0 aliphatic heterocycles. The zero-order chi connectivity index (χ0) is 9.14. The van der Waals surface area contributed by atoms with Crippen LogP contribution in [0.3, 0.4) is 0 Å². The summed E-state index contributed by atoms with van der Waals surface area (Å²) < 4.78 is 12.9. The molecule has 0 fully saturated rings. The summed E-state index contributed by atoms with van der Waals surface area (Å²) in [5, 5.41) is 3.06. The molecule has 2 nitrogen and oxygen atoms in total. The summed E-state index contributed by atoms with van der Waals surface area (Å²) in [5.74, 6) is 0.415. The minimum atomic E-state index is -0.215. The van der Waals surface area contributed by atoms with Crippen molar-refractivity contribution in [2.75, 3.05) is 5.32 Å². The van der Waals surface area contributed by atoms with E-state index in [4.69, 9.17) is 0 Å². The number of halogens is 1. The number of hydrogen-bond donors (Lipinski definition) is 1. The van der Waals surface area contributed by atoms with Crippen molar-refractivity contribution >= 4 is 5.82 Å². The third-order valence-corrected chi connectivity index (χ3v) is 1.56. The van der Waals surface area contributed by atoms with E-state index < -0.39 is 0 Å². The number of hydrogen-bond acceptors (Lipinski definition) is 2. The summed E-state index contributed by atoms with van der Waals surface area (Å²) in [5.41, 5.74) is 0.575. The van der Waals surface area contributed by atoms with E-state index in [1.807, 2.05) is 13.8 Å². The number of anilines is 1. The third kappa shape index (κ3) is 1.94. The molecule has 0 radical (unpaired) electrons. The smallest absolute Gasteiger partial charge is 0.131 e. The van der Waals surface area contributed by atoms with Crippen LogP contribution in [-0.2, 0) is 0 Å². The van der Waals surface area contributed by atoms with E-state index in [0.29, 0.717) is 11.4 Å². The molecule has 1 aromatic rings. The van der Waals surface area contributed by atoms with Gasteiger partial charge in [-0.3, -0.25) is 0 Å². The van der Waals surface area contributed by atoms with Crippen molar-refractivity contribution in [1.29, 1.82) is 0 Å². The second-order valence-electron chi connectivity index (χ2n) is 3.07. The number of nitrogens with one attached hydrogen (secondary N) is 1. The molecule has 0 aliphatic carbocycles. The molecule has 1 N–H and O–H groups in total. The topological polar surface area (TPSA) is 24.9 Å². The lowest BCUT2D eigenvalue weighted by molar-refractivity contribution is 0.616. The van der Waals surface area contributed by atoms with Crippen LogP contribution in [0.25, 0.3) is 0 Å². The van der Waals surface area contributed by atoms with Gasteiger partial charge in [-0.25, -0.2) is 9.37 Å². The van der Waals surface area contributed by atoms with Gasteiger partial charge in [0.05, 0.1) is 0 Å². The number of rotatable bonds is 2. The summed E-state index contributed by atoms with van der Waals surface area (Å²) >= 11 is 0. The molecule has 0 bridgehead atoms. The monoisotopic (exact) mass is 168 g/mol. The zero-order valence-corrected chi connectivity index (χ0v) is 7.56. The summed E-state index contributed by atoms with van der Waals surface area (Å²) in [6, 6.07) is 1.64. The van der Waals surface area contributed by atoms with Gasteiger partial charge in [0.15, 0.2) is 0 Å². The minimum absolute atomic E-state index is 0.215. The summed E-state index contributed by atoms with van der Waals surface area (Å²) in [4.78, 5) is 4.03. The van der Waals surface area contributed by atoms with Gasteiger partial charge < -0.3 is 5.32 Å². The van der Waals surface area contributed by atoms with Gasteiger partial charge in [-0.2, -0.15) is 0 Å². The van der Waals surface area contributed by atoms with Gasteiger partial charge in [-0.05, 0) is 26.8 Å². The second kappa shape index (κ2) is 3.52. The highest BCUT2D eigenvalue weighted by Crippen LogP contribution is 2.14. The molecule has 1 aromatic heterocycles. The molecular formula is C9H13FN2. The van der Waals surface area contributed by atoms with Gasteiger partial charge in [-0.15, -0.1) is 0 Å². The van der Waals surface area contributed by atoms with Crippen LogP contribution in [0.2, 0.25) is 0 Å². The van der Waals surface area contributed by atoms with Crippen molar-refractivity contribution in [3.8, 4) is 0 Å². The lowest BCUT2D eigenvalue weighted by Crippen LogP contribution is -2.12. The van der Waals surface area contributed by atoms with Crippen LogP contribution < -0.4 is 5.32 Å². The van der Waals surface area contributed by atoms with E-state index in [0.717, 1.165) is 0 Å². The Kier molecular flexibility index (Phi) is 2.63. The Labute approximate surface area is 71.8 Å². The van der Waals surface area contributed by atoms with Crippen LogP contribution in [0.1, 0.15) is 19.4 Å². The van der Waals surface area contributed by atoms with E-state index in [1.54, 1.807) is 6.92 Å². The number of pyridine rings is 1. The van der Waals surface area contributed by atoms with Gasteiger partial charge in [0.2, 0.25) is 0 Å². The largest absolute Gasteiger partial charge is 0.368 e. The molecule has 12 heavy (non-hydrogen) atoms. The van der Waals surface area contributed by atoms with Gasteiger partial charge >= 0.3 is 0 Å². The second-order valence-corrected chi connectivity index (χ2v) is 3.07. The molecule has 66 valence electrons. The summed E-state index contributed by atoms with van der Waals surface area (Å²) in [6.07, 6.45) is 1.47. The first-order valence-electron chi connectivity index (χ1n) is 3.99. The molecule has 0 spiro atoms. The van der Waals surface area contributed by atoms with Gasteiger partial charge in [0, 0.05) is 17.8 Å². The Morgan fingerprint density at radius 1 is 1.50 bits per heavy atom. The highest BCUT2D eigenvalue weighted by atomic mass is 19.1. The highest BCUT2D eigenvalue weighted by Gasteiger charge is 2.04. The van der Waals surface area contributed by atoms with Crippen LogP contribution in [0.4, 0.5) is 10.2 Å². The fourth-order valence-corrected chi connectivity index (χ4v) is 0.931. The van der Waals surface area contributed by atoms with E-state index >= 15 is 0 Å². The SMILES string of the molecule is Cc1c(F)ccnc1NC(C)C. The fourth-order valence-electron chi connectivity index (χ4n) is 0.931. The average Bonchev–Trinajstić information content (AvgIpc) is 1.98. The van der Waals surface area contributed by atoms with Crippen molar-refractivity contribution in [2.45, 2.75) is 26.8 Å². The van der Waals surface area contributed by atoms with Gasteiger partial charge in [0.25, 0.3) is 0 Å². The number of aromatic nitrogens is 1. The molecule has 0 aromatic carbocycles. The summed E-state index contributed by atoms with van der Waals surface area (Å²) in [6.45, 7) is 5.70. The standard InChI is InChI=1S/C9H13FN2/c1-6(2)12-9-7(3)8(10)4-5-11-9/h4-6H,1-3H3,(H,11,12). The lowest BCUT2D eigenvalue weighted by Gasteiger charge is -2.11. The Hall–Kier alpha value is -1.12. The molecule has 0 unspecified atom stereocenters. The zero-order valence-electron chi connectivity index (χ0n) is 7.56. The first-order chi connectivity index (χ1) is 5.61. The fraction of sp³-hybridized carbons (Fsp3) is 0.444. The van der Waals surface area contributed by atoms with Crippen LogP contribution in [0.15, 0.2) is 12.3 Å². The first-order valence-corrected chi connectivity index (χ1v) is 3.99. The van der Waals surface area contributed by atoms with Crippen LogP contribution in [0.5, 0.6) is 0 Å². The molecule has 0 amide bonds. The molecule has 1 heterocycles. The number of nitrogens with zero attached hydrogens (tertiary/aromatic N) is 1. The molecule has 1 rings (SSSR count). The Balaban J connectivity index is 2.92. The van der Waals surface area contributed by atoms with Crippen molar-refractivity contribution in [3.05, 3.63) is 23.6 Å². The maximum atomic E-state index is 12.9. The molecule has 0 saturated carbocycles. The molecule has 3 heteroatoms. The van der Waals surface area contributed by atoms with E-state index in [2.05, 4.69) is 10.3 Å². The van der Waals surface area contributed by atoms with E-state index in [9.17, 15) is 4.39 Å². The molecule has 0 atom stereocenters. The van der Waals surface area contributed by atoms with Crippen molar-refractivity contribution in [1.82, 2.24) is 4.98 Å². The predicted molar refractivity (Wildman–Crippen MR) is 47.7 cm³/mol. The maximum absolute atomic E-state index is 12.9. The Morgan fingerprint density at radius 3 is 2.75 bits per heavy atom. The predicted octanol–water partition coefficient (Wildman–Crippen LogP) is 2.35. The Morgan fingerprint density at radius 2 is 2.17 bits per heavy atom. The lowest BCUT2D eigenvalue weighted by atomic mass is 10.2. The Bertz CT molecular complexity index is 271. The molecule has 0 aliphatic rings. The highest BCUT2D eigenvalue weighted by molar-refractivity contribution is 5.43. The van der Waals surface area contributed by atoms with Crippen LogP contribution in [-0.4, -0.2) is 11.0 Å². The van der Waals surface area contributed by atoms with E-state index in [-0.39, 0.29) is 11.9 Å². The van der Waals surface area contributed by atoms with Gasteiger partial charge in [-0.1, -0.05) is 0 Å². The molecular weight excluding hydrogens is 155 g/mol. The van der Waals surface area contributed by atoms with Crippen molar-refractivity contribution in [2.24, 2.45) is 0 Å². The normalized spacial score (nSPS) is 10.4. The maximum Gasteiger partial charge on any atom is 0.131 e.